The monoisotopic (exact) mass is 266 g/mol. The largest absolute Gasteiger partial charge is 0.481 e. The average Bonchev–Trinajstić information content (AvgIpc) is 2.82. The molecule has 0 radical (unpaired) electrons. The summed E-state index contributed by atoms with van der Waals surface area (Å²) >= 11 is 0. The van der Waals surface area contributed by atoms with Crippen LogP contribution in [0.2, 0.25) is 0 Å². The van der Waals surface area contributed by atoms with E-state index in [1.165, 1.54) is 0 Å². The summed E-state index contributed by atoms with van der Waals surface area (Å²) in [6.07, 6.45) is 3.97. The molecule has 106 valence electrons. The number of nitrogens with zero attached hydrogens (tertiary/aromatic N) is 4. The van der Waals surface area contributed by atoms with Gasteiger partial charge in [-0.2, -0.15) is 0 Å². The van der Waals surface area contributed by atoms with Gasteiger partial charge in [0.25, 0.3) is 0 Å². The van der Waals surface area contributed by atoms with Crippen LogP contribution in [0, 0.1) is 12.3 Å². The summed E-state index contributed by atoms with van der Waals surface area (Å²) in [4.78, 5) is 13.7. The molecule has 2 rings (SSSR count). The van der Waals surface area contributed by atoms with Crippen LogP contribution in [0.5, 0.6) is 0 Å². The molecule has 0 saturated carbocycles. The van der Waals surface area contributed by atoms with Crippen LogP contribution in [0.15, 0.2) is 6.33 Å². The van der Waals surface area contributed by atoms with Gasteiger partial charge in [0, 0.05) is 13.1 Å². The van der Waals surface area contributed by atoms with Crippen molar-refractivity contribution in [3.05, 3.63) is 12.2 Å². The van der Waals surface area contributed by atoms with Crippen molar-refractivity contribution in [2.75, 3.05) is 19.6 Å². The normalized spacial score (nSPS) is 19.5. The highest BCUT2D eigenvalue weighted by molar-refractivity contribution is 5.74. The van der Waals surface area contributed by atoms with Crippen molar-refractivity contribution >= 4 is 5.97 Å². The highest BCUT2D eigenvalue weighted by atomic mass is 16.4. The predicted octanol–water partition coefficient (Wildman–Crippen LogP) is 1.16. The minimum Gasteiger partial charge on any atom is -0.481 e. The number of rotatable bonds is 5. The Bertz CT molecular complexity index is 436. The molecule has 1 fully saturated rings. The number of piperidine rings is 1. The number of hydrogen-bond donors (Lipinski definition) is 1. The lowest BCUT2D eigenvalue weighted by molar-refractivity contribution is -0.152. The third kappa shape index (κ3) is 2.94. The van der Waals surface area contributed by atoms with E-state index in [0.717, 1.165) is 51.3 Å². The average molecular weight is 266 g/mol. The van der Waals surface area contributed by atoms with Crippen LogP contribution < -0.4 is 0 Å². The lowest BCUT2D eigenvalue weighted by Crippen LogP contribution is -2.44. The van der Waals surface area contributed by atoms with Crippen molar-refractivity contribution in [1.82, 2.24) is 19.7 Å². The summed E-state index contributed by atoms with van der Waals surface area (Å²) < 4.78 is 2.03. The summed E-state index contributed by atoms with van der Waals surface area (Å²) in [6.45, 7) is 7.44. The predicted molar refractivity (Wildman–Crippen MR) is 70.8 cm³/mol. The Morgan fingerprint density at radius 2 is 2.11 bits per heavy atom. The van der Waals surface area contributed by atoms with Gasteiger partial charge in [-0.05, 0) is 39.3 Å². The molecule has 1 aliphatic rings. The topological polar surface area (TPSA) is 71.2 Å². The standard InChI is InChI=1S/C13H22N4O2/c1-3-13(12(18)19)4-6-16(7-5-13)8-9-17-10-14-15-11(17)2/h10H,3-9H2,1-2H3,(H,18,19). The molecule has 1 aliphatic heterocycles. The molecule has 0 amide bonds. The van der Waals surface area contributed by atoms with Gasteiger partial charge in [0.1, 0.15) is 12.2 Å². The molecule has 0 atom stereocenters. The number of aliphatic carboxylic acids is 1. The van der Waals surface area contributed by atoms with Gasteiger partial charge < -0.3 is 14.6 Å². The molecule has 6 heteroatoms. The van der Waals surface area contributed by atoms with Crippen LogP contribution in [0.1, 0.15) is 32.0 Å². The molecule has 2 heterocycles. The van der Waals surface area contributed by atoms with Crippen molar-refractivity contribution in [2.45, 2.75) is 39.7 Å². The van der Waals surface area contributed by atoms with Crippen molar-refractivity contribution in [2.24, 2.45) is 5.41 Å². The Hall–Kier alpha value is -1.43. The highest BCUT2D eigenvalue weighted by Crippen LogP contribution is 2.34. The second kappa shape index (κ2) is 5.69. The van der Waals surface area contributed by atoms with Crippen LogP contribution >= 0.6 is 0 Å². The number of carbonyl (C=O) groups is 1. The zero-order chi connectivity index (χ0) is 13.9. The van der Waals surface area contributed by atoms with Crippen molar-refractivity contribution < 1.29 is 9.90 Å². The minimum atomic E-state index is -0.635. The molecule has 6 nitrogen and oxygen atoms in total. The maximum Gasteiger partial charge on any atom is 0.309 e. The summed E-state index contributed by atoms with van der Waals surface area (Å²) in [5, 5.41) is 17.2. The molecule has 1 N–H and O–H groups in total. The molecule has 0 aliphatic carbocycles. The summed E-state index contributed by atoms with van der Waals surface area (Å²) in [7, 11) is 0. The van der Waals surface area contributed by atoms with Gasteiger partial charge in [0.05, 0.1) is 5.41 Å². The first kappa shape index (κ1) is 14.0. The fourth-order valence-corrected chi connectivity index (χ4v) is 2.70. The quantitative estimate of drug-likeness (QED) is 0.866. The molecule has 0 spiro atoms. The van der Waals surface area contributed by atoms with Gasteiger partial charge in [-0.3, -0.25) is 4.79 Å². The lowest BCUT2D eigenvalue weighted by atomic mass is 9.76. The fourth-order valence-electron chi connectivity index (χ4n) is 2.70. The van der Waals surface area contributed by atoms with Gasteiger partial charge in [0.2, 0.25) is 0 Å². The van der Waals surface area contributed by atoms with Gasteiger partial charge in [-0.1, -0.05) is 6.92 Å². The Balaban J connectivity index is 1.84. The molecule has 1 aromatic rings. The smallest absolute Gasteiger partial charge is 0.309 e. The molecular formula is C13H22N4O2. The third-order valence-corrected chi connectivity index (χ3v) is 4.41. The van der Waals surface area contributed by atoms with E-state index in [2.05, 4.69) is 15.1 Å². The number of hydrogen-bond acceptors (Lipinski definition) is 4. The Labute approximate surface area is 113 Å². The van der Waals surface area contributed by atoms with Crippen LogP contribution in [0.4, 0.5) is 0 Å². The van der Waals surface area contributed by atoms with Gasteiger partial charge >= 0.3 is 5.97 Å². The van der Waals surface area contributed by atoms with E-state index < -0.39 is 11.4 Å². The fraction of sp³-hybridized carbons (Fsp3) is 0.769. The van der Waals surface area contributed by atoms with Gasteiger partial charge in [0.15, 0.2) is 0 Å². The number of carboxylic acid groups (broad SMARTS) is 1. The lowest BCUT2D eigenvalue weighted by Gasteiger charge is -2.38. The minimum absolute atomic E-state index is 0.497. The number of aryl methyl sites for hydroxylation is 1. The molecule has 1 saturated heterocycles. The van der Waals surface area contributed by atoms with E-state index >= 15 is 0 Å². The first-order valence-electron chi connectivity index (χ1n) is 6.87. The van der Waals surface area contributed by atoms with Crippen molar-refractivity contribution in [1.29, 1.82) is 0 Å². The van der Waals surface area contributed by atoms with Crippen LogP contribution in [-0.2, 0) is 11.3 Å². The summed E-state index contributed by atoms with van der Waals surface area (Å²) in [6, 6.07) is 0. The van der Waals surface area contributed by atoms with E-state index in [-0.39, 0.29) is 0 Å². The van der Waals surface area contributed by atoms with E-state index in [1.807, 2.05) is 18.4 Å². The number of carboxylic acids is 1. The second-order valence-electron chi connectivity index (χ2n) is 5.35. The zero-order valence-corrected chi connectivity index (χ0v) is 11.7. The van der Waals surface area contributed by atoms with Crippen LogP contribution in [-0.4, -0.2) is 50.4 Å². The molecule has 0 unspecified atom stereocenters. The SMILES string of the molecule is CCC1(C(=O)O)CCN(CCn2cnnc2C)CC1. The van der Waals surface area contributed by atoms with Gasteiger partial charge in [-0.25, -0.2) is 0 Å². The molecular weight excluding hydrogens is 244 g/mol. The number of aromatic nitrogens is 3. The van der Waals surface area contributed by atoms with E-state index in [1.54, 1.807) is 6.33 Å². The summed E-state index contributed by atoms with van der Waals surface area (Å²) in [5.74, 6) is 0.287. The Kier molecular flexibility index (Phi) is 4.19. The van der Waals surface area contributed by atoms with Crippen LogP contribution in [0.25, 0.3) is 0 Å². The van der Waals surface area contributed by atoms with Crippen LogP contribution in [0.3, 0.4) is 0 Å². The zero-order valence-electron chi connectivity index (χ0n) is 11.7. The van der Waals surface area contributed by atoms with Crippen molar-refractivity contribution in [3.8, 4) is 0 Å². The number of likely N-dealkylation sites (tertiary alicyclic amines) is 1. The first-order chi connectivity index (χ1) is 9.07. The Morgan fingerprint density at radius 1 is 1.42 bits per heavy atom. The van der Waals surface area contributed by atoms with E-state index in [4.69, 9.17) is 0 Å². The molecule has 19 heavy (non-hydrogen) atoms. The maximum absolute atomic E-state index is 11.4. The summed E-state index contributed by atoms with van der Waals surface area (Å²) in [5.41, 5.74) is -0.497. The Morgan fingerprint density at radius 3 is 2.58 bits per heavy atom. The van der Waals surface area contributed by atoms with Crippen molar-refractivity contribution in [3.63, 3.8) is 0 Å². The molecule has 1 aromatic heterocycles. The molecule has 0 aromatic carbocycles. The maximum atomic E-state index is 11.4. The van der Waals surface area contributed by atoms with E-state index in [0.29, 0.717) is 0 Å². The second-order valence-corrected chi connectivity index (χ2v) is 5.35. The van der Waals surface area contributed by atoms with Gasteiger partial charge in [-0.15, -0.1) is 10.2 Å². The van der Waals surface area contributed by atoms with E-state index in [9.17, 15) is 9.90 Å². The molecule has 0 bridgehead atoms. The highest BCUT2D eigenvalue weighted by Gasteiger charge is 2.39. The third-order valence-electron chi connectivity index (χ3n) is 4.41. The first-order valence-corrected chi connectivity index (χ1v) is 6.87.